The molecule has 12 heteroatoms. The van der Waals surface area contributed by atoms with Crippen molar-refractivity contribution in [1.82, 2.24) is 41.9 Å². The lowest BCUT2D eigenvalue weighted by Gasteiger charge is -2.12. The number of fused-ring (bicyclic) bond motifs is 44. The Kier molecular flexibility index (Phi) is 14.0. The molecule has 0 unspecified atom stereocenters. The van der Waals surface area contributed by atoms with Gasteiger partial charge in [-0.3, -0.25) is 13.2 Å². The van der Waals surface area contributed by atoms with Crippen LogP contribution in [0.4, 0.5) is 0 Å². The van der Waals surface area contributed by atoms with Gasteiger partial charge in [-0.25, -0.2) is 15.0 Å². The number of para-hydroxylation sites is 12. The largest absolute Gasteiger partial charge is 0.309 e. The molecule has 0 radical (unpaired) electrons. The van der Waals surface area contributed by atoms with E-state index in [4.69, 9.17) is 15.0 Å². The van der Waals surface area contributed by atoms with Crippen LogP contribution in [0.2, 0.25) is 0 Å². The van der Waals surface area contributed by atoms with Crippen molar-refractivity contribution in [3.05, 3.63) is 382 Å². The molecule has 12 heterocycles. The Morgan fingerprint density at radius 3 is 0.919 bits per heavy atom. The van der Waals surface area contributed by atoms with Crippen molar-refractivity contribution < 1.29 is 0 Å². The van der Waals surface area contributed by atoms with Gasteiger partial charge in [0.1, 0.15) is 16.9 Å². The third kappa shape index (κ3) is 9.51. The Labute approximate surface area is 710 Å². The van der Waals surface area contributed by atoms with Gasteiger partial charge < -0.3 is 13.7 Å². The smallest absolute Gasteiger partial charge is 0.147 e. The summed E-state index contributed by atoms with van der Waals surface area (Å²) < 4.78 is 22.2. The second-order valence-corrected chi connectivity index (χ2v) is 35.6. The van der Waals surface area contributed by atoms with Crippen molar-refractivity contribution in [2.45, 2.75) is 0 Å². The highest BCUT2D eigenvalue weighted by atomic mass is 32.1. The molecule has 0 aliphatic carbocycles. The van der Waals surface area contributed by atoms with Crippen molar-refractivity contribution in [3.8, 4) is 17.1 Å². The van der Waals surface area contributed by atoms with E-state index in [1.165, 1.54) is 197 Å². The number of rotatable bonds is 3. The summed E-state index contributed by atoms with van der Waals surface area (Å²) in [5, 5.41) is 26.5. The highest BCUT2D eigenvalue weighted by molar-refractivity contribution is 7.27. The molecule has 9 nitrogen and oxygen atoms in total. The predicted molar refractivity (Wildman–Crippen MR) is 525 cm³/mol. The van der Waals surface area contributed by atoms with Gasteiger partial charge in [0.2, 0.25) is 0 Å². The summed E-state index contributed by atoms with van der Waals surface area (Å²) in [6.07, 6.45) is 0. The van der Waals surface area contributed by atoms with Gasteiger partial charge in [-0.1, -0.05) is 224 Å². The third-order valence-electron chi connectivity index (χ3n) is 26.0. The van der Waals surface area contributed by atoms with Crippen LogP contribution in [0, 0.1) is 0 Å². The standard InChI is InChI=1S/3C37H21N3S/c1-2-10-22(11-3-1)39-31-15-7-4-12-23(31)26-19-27-25-18-28-24-13-5-9-17-35(24)41-36(28)20-29(25)37-38-30-14-6-8-16-32(30)40(37)34(27)21-33(26)39;1-2-10-22(11-3-1)39-30-15-7-4-12-23(30)27-20-33-28(21-32(27)39)25-18-19-26-24-13-5-9-17-34(24)41-36(26)35(25)37-38-29-14-6-8-16-31(29)40(33)37;1-2-10-22(11-3-1)39-30-15-7-4-12-23(30)27-20-28-25-18-19-26-24-13-5-9-17-34(24)41-36(26)35(25)37-38-29-14-6-8-16-31(29)40(37)33(28)21-32(27)39/h3*1-21H. The Morgan fingerprint density at radius 1 is 0.163 bits per heavy atom. The molecule has 0 saturated heterocycles. The zero-order chi connectivity index (χ0) is 80.0. The van der Waals surface area contributed by atoms with Gasteiger partial charge in [0, 0.05) is 142 Å². The summed E-state index contributed by atoms with van der Waals surface area (Å²) >= 11 is 5.61. The summed E-state index contributed by atoms with van der Waals surface area (Å²) in [5.74, 6) is 0. The summed E-state index contributed by atoms with van der Waals surface area (Å²) in [7, 11) is 0. The van der Waals surface area contributed by atoms with Gasteiger partial charge in [-0.05, 0) is 174 Å². The molecule has 123 heavy (non-hydrogen) atoms. The highest BCUT2D eigenvalue weighted by Gasteiger charge is 2.27. The van der Waals surface area contributed by atoms with E-state index in [9.17, 15) is 0 Å². The molecule has 0 aliphatic heterocycles. The molecule has 0 aliphatic rings. The molecule has 12 aromatic heterocycles. The number of nitrogens with zero attached hydrogens (tertiary/aromatic N) is 9. The molecule has 0 fully saturated rings. The number of benzene rings is 18. The second-order valence-electron chi connectivity index (χ2n) is 32.4. The number of aromatic nitrogens is 9. The number of pyridine rings is 3. The molecule has 0 amide bonds. The van der Waals surface area contributed by atoms with Crippen LogP contribution in [-0.4, -0.2) is 41.9 Å². The van der Waals surface area contributed by atoms with Gasteiger partial charge in [0.15, 0.2) is 0 Å². The third-order valence-corrected chi connectivity index (χ3v) is 29.5. The van der Waals surface area contributed by atoms with Crippen LogP contribution in [0.5, 0.6) is 0 Å². The van der Waals surface area contributed by atoms with Crippen LogP contribution < -0.4 is 0 Å². The van der Waals surface area contributed by atoms with Crippen molar-refractivity contribution in [1.29, 1.82) is 0 Å². The van der Waals surface area contributed by atoms with E-state index < -0.39 is 0 Å². The van der Waals surface area contributed by atoms with Gasteiger partial charge in [-0.2, -0.15) is 0 Å². The Hall–Kier alpha value is -15.6. The van der Waals surface area contributed by atoms with E-state index in [1.54, 1.807) is 0 Å². The first-order valence-corrected chi connectivity index (χ1v) is 44.2. The fourth-order valence-corrected chi connectivity index (χ4v) is 24.4. The number of thiophene rings is 3. The molecule has 0 saturated carbocycles. The monoisotopic (exact) mass is 1620 g/mol. The SMILES string of the molecule is c1ccc(-n2c3ccccc3c3cc4c(cc32)c2ccc3c5ccccc5sc3c2c2nc3ccccc3n42)cc1.c1ccc(-n2c3ccccc3c3cc4c5cc6c(cc5c5nc7ccccc7n5c4cc32)sc2ccccc26)cc1.c1ccc(-n2c3ccccc3c3cc4c5ccc6c7ccccc7sc6c5c5nc6ccccc6n5c4cc32)cc1. The maximum absolute atomic E-state index is 5.28. The first kappa shape index (κ1) is 67.3. The van der Waals surface area contributed by atoms with Crippen molar-refractivity contribution in [2.24, 2.45) is 0 Å². The van der Waals surface area contributed by atoms with Crippen LogP contribution in [0.25, 0.3) is 258 Å². The van der Waals surface area contributed by atoms with Gasteiger partial charge >= 0.3 is 0 Å². The molecule has 0 N–H and O–H groups in total. The quantitative estimate of drug-likeness (QED) is 0.166. The molecular weight excluding hydrogens is 1560 g/mol. The summed E-state index contributed by atoms with van der Waals surface area (Å²) in [5.41, 5.74) is 23.8. The number of hydrogen-bond acceptors (Lipinski definition) is 6. The van der Waals surface area contributed by atoms with Crippen LogP contribution in [0.3, 0.4) is 0 Å². The molecule has 30 rings (SSSR count). The Morgan fingerprint density at radius 2 is 0.463 bits per heavy atom. The minimum Gasteiger partial charge on any atom is -0.309 e. The maximum atomic E-state index is 5.28. The highest BCUT2D eigenvalue weighted by Crippen LogP contribution is 2.50. The minimum atomic E-state index is 1.01. The molecule has 0 atom stereocenters. The van der Waals surface area contributed by atoms with E-state index in [0.717, 1.165) is 61.4 Å². The molecular formula is C111H63N9S3. The van der Waals surface area contributed by atoms with Crippen molar-refractivity contribution >= 4 is 275 Å². The second kappa shape index (κ2) is 25.5. The lowest BCUT2D eigenvalue weighted by molar-refractivity contribution is 1.18. The average molecular weight is 1620 g/mol. The van der Waals surface area contributed by atoms with Crippen LogP contribution >= 0.6 is 34.0 Å². The van der Waals surface area contributed by atoms with E-state index >= 15 is 0 Å². The normalized spacial score (nSPS) is 12.4. The minimum absolute atomic E-state index is 1.01. The summed E-state index contributed by atoms with van der Waals surface area (Å²) in [4.78, 5) is 15.8. The van der Waals surface area contributed by atoms with E-state index in [-0.39, 0.29) is 0 Å². The molecule has 30 aromatic rings. The zero-order valence-electron chi connectivity index (χ0n) is 65.6. The topological polar surface area (TPSA) is 66.7 Å². The average Bonchev–Trinajstić information content (AvgIpc) is 1.55. The number of imidazole rings is 3. The molecule has 0 bridgehead atoms. The number of hydrogen-bond donors (Lipinski definition) is 0. The lowest BCUT2D eigenvalue weighted by atomic mass is 10.0. The fourth-order valence-electron chi connectivity index (χ4n) is 20.8. The van der Waals surface area contributed by atoms with Crippen LogP contribution in [-0.2, 0) is 0 Å². The fraction of sp³-hybridized carbons (Fsp3) is 0. The summed E-state index contributed by atoms with van der Waals surface area (Å²) in [6, 6.07) is 139. The first-order valence-electron chi connectivity index (χ1n) is 41.7. The van der Waals surface area contributed by atoms with E-state index in [2.05, 4.69) is 409 Å². The van der Waals surface area contributed by atoms with Crippen molar-refractivity contribution in [3.63, 3.8) is 0 Å². The van der Waals surface area contributed by atoms with Crippen molar-refractivity contribution in [2.75, 3.05) is 0 Å². The first-order chi connectivity index (χ1) is 61.0. The van der Waals surface area contributed by atoms with Gasteiger partial charge in [0.05, 0.1) is 82.8 Å². The zero-order valence-corrected chi connectivity index (χ0v) is 68.1. The van der Waals surface area contributed by atoms with Crippen LogP contribution in [0.15, 0.2) is 382 Å². The lowest BCUT2D eigenvalue weighted by Crippen LogP contribution is -1.95. The van der Waals surface area contributed by atoms with E-state index in [0.29, 0.717) is 0 Å². The molecule has 570 valence electrons. The Balaban J connectivity index is 0.0000000946. The molecule has 18 aromatic carbocycles. The Bertz CT molecular complexity index is 9860. The maximum Gasteiger partial charge on any atom is 0.147 e. The predicted octanol–water partition coefficient (Wildman–Crippen LogP) is 30.8. The molecule has 0 spiro atoms. The van der Waals surface area contributed by atoms with Crippen LogP contribution in [0.1, 0.15) is 0 Å². The van der Waals surface area contributed by atoms with Gasteiger partial charge in [0.25, 0.3) is 0 Å². The van der Waals surface area contributed by atoms with E-state index in [1.807, 2.05) is 34.0 Å². The summed E-state index contributed by atoms with van der Waals surface area (Å²) in [6.45, 7) is 0. The van der Waals surface area contributed by atoms with Gasteiger partial charge in [-0.15, -0.1) is 34.0 Å².